The fraction of sp³-hybridized carbons (Fsp3) is 0.0270. The summed E-state index contributed by atoms with van der Waals surface area (Å²) in [5.74, 6) is 0. The first-order valence-electron chi connectivity index (χ1n) is 13.3. The van der Waals surface area contributed by atoms with Crippen molar-refractivity contribution < 1.29 is 0 Å². The molecule has 6 aromatic carbocycles. The molecule has 7 rings (SSSR count). The smallest absolute Gasteiger partial charge is 0.0541 e. The standard InChI is InChI=1S/C37H28N2/c1-38(31-14-6-3-7-15-31)32-22-19-28(20-23-32)30-21-24-37-35(26-30)34-17-8-9-18-36(34)39(37)33-16-10-13-29(25-33)27-11-4-2-5-12-27/h2-26H,1H3. The number of aromatic nitrogens is 1. The van der Waals surface area contributed by atoms with Crippen molar-refractivity contribution in [1.29, 1.82) is 0 Å². The van der Waals surface area contributed by atoms with Crippen LogP contribution in [0.2, 0.25) is 0 Å². The zero-order valence-corrected chi connectivity index (χ0v) is 21.8. The summed E-state index contributed by atoms with van der Waals surface area (Å²) in [7, 11) is 2.11. The van der Waals surface area contributed by atoms with Gasteiger partial charge in [0.15, 0.2) is 0 Å². The summed E-state index contributed by atoms with van der Waals surface area (Å²) in [5.41, 5.74) is 10.8. The Morgan fingerprint density at radius 1 is 0.410 bits per heavy atom. The number of nitrogens with zero attached hydrogens (tertiary/aromatic N) is 2. The lowest BCUT2D eigenvalue weighted by Crippen LogP contribution is -2.08. The summed E-state index contributed by atoms with van der Waals surface area (Å²) in [6, 6.07) is 54.3. The van der Waals surface area contributed by atoms with Crippen LogP contribution in [0, 0.1) is 0 Å². The molecule has 0 amide bonds. The maximum atomic E-state index is 2.39. The first-order chi connectivity index (χ1) is 19.3. The maximum Gasteiger partial charge on any atom is 0.0541 e. The van der Waals surface area contributed by atoms with Gasteiger partial charge in [0.2, 0.25) is 0 Å². The summed E-state index contributed by atoms with van der Waals surface area (Å²) in [4.78, 5) is 2.21. The summed E-state index contributed by atoms with van der Waals surface area (Å²) >= 11 is 0. The Hall–Kier alpha value is -5.08. The normalized spacial score (nSPS) is 11.2. The molecular formula is C37H28N2. The highest BCUT2D eigenvalue weighted by molar-refractivity contribution is 6.10. The van der Waals surface area contributed by atoms with Crippen molar-refractivity contribution in [2.24, 2.45) is 0 Å². The highest BCUT2D eigenvalue weighted by Crippen LogP contribution is 2.36. The predicted molar refractivity (Wildman–Crippen MR) is 166 cm³/mol. The Balaban J connectivity index is 1.31. The fourth-order valence-electron chi connectivity index (χ4n) is 5.56. The molecule has 0 spiro atoms. The van der Waals surface area contributed by atoms with Crippen LogP contribution in [0.15, 0.2) is 152 Å². The second-order valence-corrected chi connectivity index (χ2v) is 9.94. The molecule has 0 N–H and O–H groups in total. The highest BCUT2D eigenvalue weighted by atomic mass is 15.1. The van der Waals surface area contributed by atoms with Crippen molar-refractivity contribution in [1.82, 2.24) is 4.57 Å². The van der Waals surface area contributed by atoms with Crippen molar-refractivity contribution in [2.45, 2.75) is 0 Å². The van der Waals surface area contributed by atoms with E-state index in [1.807, 2.05) is 6.07 Å². The van der Waals surface area contributed by atoms with Crippen LogP contribution in [0.5, 0.6) is 0 Å². The molecule has 0 unspecified atom stereocenters. The van der Waals surface area contributed by atoms with Gasteiger partial charge < -0.3 is 9.47 Å². The van der Waals surface area contributed by atoms with Gasteiger partial charge in [-0.2, -0.15) is 0 Å². The Bertz CT molecular complexity index is 1900. The molecule has 0 aliphatic heterocycles. The van der Waals surface area contributed by atoms with E-state index in [2.05, 4.69) is 162 Å². The average Bonchev–Trinajstić information content (AvgIpc) is 3.35. The number of fused-ring (bicyclic) bond motifs is 3. The quantitative estimate of drug-likeness (QED) is 0.228. The molecule has 7 aromatic rings. The first-order valence-corrected chi connectivity index (χ1v) is 13.3. The van der Waals surface area contributed by atoms with E-state index < -0.39 is 0 Å². The van der Waals surface area contributed by atoms with E-state index in [4.69, 9.17) is 0 Å². The molecule has 0 aliphatic rings. The van der Waals surface area contributed by atoms with Crippen molar-refractivity contribution >= 4 is 33.2 Å². The molecule has 0 radical (unpaired) electrons. The number of rotatable bonds is 5. The van der Waals surface area contributed by atoms with Crippen LogP contribution >= 0.6 is 0 Å². The zero-order valence-electron chi connectivity index (χ0n) is 21.8. The molecule has 0 atom stereocenters. The van der Waals surface area contributed by atoms with Crippen molar-refractivity contribution in [3.8, 4) is 27.9 Å². The molecular weight excluding hydrogens is 472 g/mol. The van der Waals surface area contributed by atoms with Gasteiger partial charge >= 0.3 is 0 Å². The third-order valence-electron chi connectivity index (χ3n) is 7.62. The number of hydrogen-bond donors (Lipinski definition) is 0. The molecule has 2 nitrogen and oxygen atoms in total. The fourth-order valence-corrected chi connectivity index (χ4v) is 5.56. The molecule has 1 aromatic heterocycles. The predicted octanol–water partition coefficient (Wildman–Crippen LogP) is 9.89. The molecule has 186 valence electrons. The Labute approximate surface area is 229 Å². The van der Waals surface area contributed by atoms with Gasteiger partial charge in [0, 0.05) is 34.9 Å². The molecule has 2 heteroatoms. The number of benzene rings is 6. The van der Waals surface area contributed by atoms with Crippen molar-refractivity contribution in [3.05, 3.63) is 152 Å². The SMILES string of the molecule is CN(c1ccccc1)c1ccc(-c2ccc3c(c2)c2ccccc2n3-c2cccc(-c3ccccc3)c2)cc1. The van der Waals surface area contributed by atoms with Gasteiger partial charge in [-0.15, -0.1) is 0 Å². The Kier molecular flexibility index (Phi) is 5.71. The summed E-state index contributed by atoms with van der Waals surface area (Å²) in [5, 5.41) is 2.53. The third-order valence-corrected chi connectivity index (χ3v) is 7.62. The van der Waals surface area contributed by atoms with Crippen LogP contribution in [0.25, 0.3) is 49.7 Å². The summed E-state index contributed by atoms with van der Waals surface area (Å²) in [6.07, 6.45) is 0. The summed E-state index contributed by atoms with van der Waals surface area (Å²) in [6.45, 7) is 0. The minimum atomic E-state index is 1.17. The third kappa shape index (κ3) is 4.17. The van der Waals surface area contributed by atoms with Crippen molar-refractivity contribution in [3.63, 3.8) is 0 Å². The monoisotopic (exact) mass is 500 g/mol. The van der Waals surface area contributed by atoms with Gasteiger partial charge in [-0.3, -0.25) is 0 Å². The molecule has 0 saturated heterocycles. The first kappa shape index (κ1) is 23.1. The minimum Gasteiger partial charge on any atom is -0.345 e. The molecule has 0 bridgehead atoms. The van der Waals surface area contributed by atoms with E-state index in [1.165, 1.54) is 61.1 Å². The molecule has 0 fully saturated rings. The molecule has 0 aliphatic carbocycles. The Morgan fingerprint density at radius 3 is 1.77 bits per heavy atom. The van der Waals surface area contributed by atoms with E-state index in [0.29, 0.717) is 0 Å². The van der Waals surface area contributed by atoms with E-state index >= 15 is 0 Å². The van der Waals surface area contributed by atoms with E-state index in [1.54, 1.807) is 0 Å². The highest BCUT2D eigenvalue weighted by Gasteiger charge is 2.14. The number of hydrogen-bond acceptors (Lipinski definition) is 1. The van der Waals surface area contributed by atoms with Crippen molar-refractivity contribution in [2.75, 3.05) is 11.9 Å². The lowest BCUT2D eigenvalue weighted by molar-refractivity contribution is 1.18. The van der Waals surface area contributed by atoms with Gasteiger partial charge in [-0.25, -0.2) is 0 Å². The topological polar surface area (TPSA) is 8.17 Å². The lowest BCUT2D eigenvalue weighted by atomic mass is 10.0. The van der Waals surface area contributed by atoms with Gasteiger partial charge in [-0.1, -0.05) is 97.1 Å². The Morgan fingerprint density at radius 2 is 0.974 bits per heavy atom. The van der Waals surface area contributed by atoms with E-state index in [0.717, 1.165) is 0 Å². The van der Waals surface area contributed by atoms with E-state index in [-0.39, 0.29) is 0 Å². The number of anilines is 2. The lowest BCUT2D eigenvalue weighted by Gasteiger charge is -2.19. The van der Waals surface area contributed by atoms with Crippen LogP contribution in [0.3, 0.4) is 0 Å². The second-order valence-electron chi connectivity index (χ2n) is 9.94. The van der Waals surface area contributed by atoms with E-state index in [9.17, 15) is 0 Å². The van der Waals surface area contributed by atoms with Crippen LogP contribution < -0.4 is 4.90 Å². The minimum absolute atomic E-state index is 1.17. The maximum absolute atomic E-state index is 2.39. The van der Waals surface area contributed by atoms with Gasteiger partial charge in [0.25, 0.3) is 0 Å². The molecule has 0 saturated carbocycles. The van der Waals surface area contributed by atoms with Crippen LogP contribution in [-0.2, 0) is 0 Å². The molecule has 39 heavy (non-hydrogen) atoms. The van der Waals surface area contributed by atoms with Gasteiger partial charge in [0.05, 0.1) is 11.0 Å². The number of para-hydroxylation sites is 2. The van der Waals surface area contributed by atoms with Crippen LogP contribution in [-0.4, -0.2) is 11.6 Å². The second kappa shape index (κ2) is 9.66. The van der Waals surface area contributed by atoms with Gasteiger partial charge in [0.1, 0.15) is 0 Å². The van der Waals surface area contributed by atoms with Gasteiger partial charge in [-0.05, 0) is 76.9 Å². The summed E-state index contributed by atoms with van der Waals surface area (Å²) < 4.78 is 2.39. The molecule has 1 heterocycles. The van der Waals surface area contributed by atoms with Crippen LogP contribution in [0.1, 0.15) is 0 Å². The van der Waals surface area contributed by atoms with Crippen LogP contribution in [0.4, 0.5) is 11.4 Å². The zero-order chi connectivity index (χ0) is 26.2. The average molecular weight is 501 g/mol. The largest absolute Gasteiger partial charge is 0.345 e.